The van der Waals surface area contributed by atoms with Gasteiger partial charge in [-0.1, -0.05) is 6.08 Å². The first kappa shape index (κ1) is 12.2. The lowest BCUT2D eigenvalue weighted by atomic mass is 10.1. The molecule has 3 N–H and O–H groups in total. The Morgan fingerprint density at radius 3 is 3.00 bits per heavy atom. The van der Waals surface area contributed by atoms with Gasteiger partial charge in [-0.15, -0.1) is 6.58 Å². The molecule has 16 heavy (non-hydrogen) atoms. The number of amidine groups is 1. The van der Waals surface area contributed by atoms with E-state index < -0.39 is 12.1 Å². The number of rotatable bonds is 5. The Balaban J connectivity index is 2.68. The van der Waals surface area contributed by atoms with Crippen LogP contribution in [0.5, 0.6) is 0 Å². The molecule has 0 spiro atoms. The lowest BCUT2D eigenvalue weighted by Crippen LogP contribution is -2.43. The maximum atomic E-state index is 11.4. The minimum absolute atomic E-state index is 0.142. The van der Waals surface area contributed by atoms with E-state index in [1.165, 1.54) is 4.90 Å². The fraction of sp³-hybridized carbons (Fsp3) is 0.500. The van der Waals surface area contributed by atoms with E-state index in [1.807, 2.05) is 6.92 Å². The van der Waals surface area contributed by atoms with Crippen molar-refractivity contribution in [3.05, 3.63) is 12.7 Å². The Labute approximate surface area is 94.2 Å². The largest absolute Gasteiger partial charge is 0.385 e. The molecular weight excluding hydrogens is 208 g/mol. The summed E-state index contributed by atoms with van der Waals surface area (Å²) in [5, 5.41) is 2.66. The van der Waals surface area contributed by atoms with Crippen molar-refractivity contribution in [3.8, 4) is 0 Å². The Bertz CT molecular complexity index is 338. The van der Waals surface area contributed by atoms with Crippen molar-refractivity contribution in [2.24, 2.45) is 10.7 Å². The van der Waals surface area contributed by atoms with Crippen LogP contribution >= 0.6 is 0 Å². The summed E-state index contributed by atoms with van der Waals surface area (Å²) in [6.07, 6.45) is 1.72. The molecule has 1 atom stereocenters. The van der Waals surface area contributed by atoms with E-state index in [2.05, 4.69) is 16.9 Å². The van der Waals surface area contributed by atoms with Crippen LogP contribution in [0.15, 0.2) is 17.6 Å². The molecule has 1 heterocycles. The highest BCUT2D eigenvalue weighted by Crippen LogP contribution is 2.14. The van der Waals surface area contributed by atoms with Gasteiger partial charge in [-0.05, 0) is 6.92 Å². The van der Waals surface area contributed by atoms with Crippen LogP contribution in [0, 0.1) is 0 Å². The lowest BCUT2D eigenvalue weighted by molar-refractivity contribution is -0.121. The van der Waals surface area contributed by atoms with E-state index in [9.17, 15) is 9.59 Å². The van der Waals surface area contributed by atoms with Crippen LogP contribution in [0.2, 0.25) is 0 Å². The van der Waals surface area contributed by atoms with Crippen LogP contribution in [0.1, 0.15) is 13.3 Å². The zero-order valence-corrected chi connectivity index (χ0v) is 9.27. The van der Waals surface area contributed by atoms with Gasteiger partial charge in [0.25, 0.3) is 0 Å². The summed E-state index contributed by atoms with van der Waals surface area (Å²) in [7, 11) is 0. The van der Waals surface area contributed by atoms with Gasteiger partial charge >= 0.3 is 6.03 Å². The Morgan fingerprint density at radius 2 is 2.44 bits per heavy atom. The summed E-state index contributed by atoms with van der Waals surface area (Å²) in [4.78, 5) is 27.9. The van der Waals surface area contributed by atoms with E-state index in [-0.39, 0.29) is 18.2 Å². The molecule has 1 rings (SSSR count). The van der Waals surface area contributed by atoms with Gasteiger partial charge in [-0.3, -0.25) is 4.79 Å². The first-order valence-electron chi connectivity index (χ1n) is 5.12. The zero-order valence-electron chi connectivity index (χ0n) is 9.27. The molecule has 1 aliphatic heterocycles. The van der Waals surface area contributed by atoms with Gasteiger partial charge in [0.2, 0.25) is 5.91 Å². The smallest absolute Gasteiger partial charge is 0.346 e. The van der Waals surface area contributed by atoms with E-state index in [4.69, 9.17) is 5.73 Å². The van der Waals surface area contributed by atoms with Gasteiger partial charge in [-0.2, -0.15) is 4.99 Å². The minimum Gasteiger partial charge on any atom is -0.385 e. The standard InChI is InChI=1S/C10H16N4O2/c1-3-5-14-7(6-8(15)12-4-2)9(11)13-10(14)16/h3,7H,1,4-6H2,2H3,(H,12,15)(H2,11,13,16). The number of carbonyl (C=O) groups excluding carboxylic acids is 2. The zero-order chi connectivity index (χ0) is 12.1. The number of carbonyl (C=O) groups is 2. The molecule has 1 unspecified atom stereocenters. The van der Waals surface area contributed by atoms with Crippen molar-refractivity contribution < 1.29 is 9.59 Å². The predicted molar refractivity (Wildman–Crippen MR) is 61.0 cm³/mol. The molecule has 0 saturated carbocycles. The van der Waals surface area contributed by atoms with Crippen LogP contribution in [0.25, 0.3) is 0 Å². The lowest BCUT2D eigenvalue weighted by Gasteiger charge is -2.22. The number of hydrogen-bond acceptors (Lipinski definition) is 3. The monoisotopic (exact) mass is 224 g/mol. The quantitative estimate of drug-likeness (QED) is 0.637. The first-order chi connectivity index (χ1) is 7.60. The summed E-state index contributed by atoms with van der Waals surface area (Å²) >= 11 is 0. The molecule has 0 radical (unpaired) electrons. The maximum Gasteiger partial charge on any atom is 0.346 e. The van der Waals surface area contributed by atoms with Gasteiger partial charge in [0, 0.05) is 13.1 Å². The fourth-order valence-electron chi connectivity index (χ4n) is 1.55. The van der Waals surface area contributed by atoms with Crippen molar-refractivity contribution in [1.29, 1.82) is 0 Å². The van der Waals surface area contributed by atoms with Gasteiger partial charge in [0.05, 0.1) is 6.42 Å². The van der Waals surface area contributed by atoms with Crippen molar-refractivity contribution in [3.63, 3.8) is 0 Å². The number of hydrogen-bond donors (Lipinski definition) is 2. The minimum atomic E-state index is -0.447. The second-order valence-electron chi connectivity index (χ2n) is 3.43. The van der Waals surface area contributed by atoms with E-state index in [0.717, 1.165) is 0 Å². The van der Waals surface area contributed by atoms with Crippen molar-refractivity contribution in [2.45, 2.75) is 19.4 Å². The second-order valence-corrected chi connectivity index (χ2v) is 3.43. The topological polar surface area (TPSA) is 87.8 Å². The first-order valence-corrected chi connectivity index (χ1v) is 5.12. The molecule has 0 aromatic rings. The summed E-state index contributed by atoms with van der Waals surface area (Å²) in [6.45, 7) is 6.27. The van der Waals surface area contributed by atoms with Gasteiger partial charge in [0.1, 0.15) is 11.9 Å². The van der Waals surface area contributed by atoms with Crippen LogP contribution in [-0.2, 0) is 4.79 Å². The van der Waals surface area contributed by atoms with Crippen molar-refractivity contribution in [1.82, 2.24) is 10.2 Å². The molecule has 6 nitrogen and oxygen atoms in total. The highest BCUT2D eigenvalue weighted by Gasteiger charge is 2.33. The molecule has 0 saturated heterocycles. The molecule has 0 aromatic carbocycles. The Kier molecular flexibility index (Phi) is 4.04. The summed E-state index contributed by atoms with van der Waals surface area (Å²) in [6, 6.07) is -0.858. The average Bonchev–Trinajstić information content (AvgIpc) is 2.46. The second kappa shape index (κ2) is 5.29. The highest BCUT2D eigenvalue weighted by molar-refractivity contribution is 6.04. The SMILES string of the molecule is C=CCN1C(=O)N=C(N)C1CC(=O)NCC. The summed E-state index contributed by atoms with van der Waals surface area (Å²) in [5.74, 6) is 0.0486. The molecule has 0 bridgehead atoms. The van der Waals surface area contributed by atoms with Crippen LogP contribution in [0.4, 0.5) is 4.79 Å². The van der Waals surface area contributed by atoms with Crippen LogP contribution in [-0.4, -0.2) is 41.8 Å². The molecule has 1 aliphatic rings. The Morgan fingerprint density at radius 1 is 1.75 bits per heavy atom. The number of nitrogens with two attached hydrogens (primary N) is 1. The summed E-state index contributed by atoms with van der Waals surface area (Å²) in [5.41, 5.74) is 5.61. The number of nitrogens with one attached hydrogen (secondary N) is 1. The maximum absolute atomic E-state index is 11.4. The third-order valence-electron chi connectivity index (χ3n) is 2.27. The molecule has 88 valence electrons. The van der Waals surface area contributed by atoms with Gasteiger partial charge in [-0.25, -0.2) is 4.79 Å². The van der Waals surface area contributed by atoms with Crippen LogP contribution in [0.3, 0.4) is 0 Å². The number of aliphatic imine (C=N–C) groups is 1. The number of urea groups is 1. The van der Waals surface area contributed by atoms with E-state index >= 15 is 0 Å². The fourth-order valence-corrected chi connectivity index (χ4v) is 1.55. The number of nitrogens with zero attached hydrogens (tertiary/aromatic N) is 2. The third-order valence-corrected chi connectivity index (χ3v) is 2.27. The molecule has 0 aliphatic carbocycles. The normalized spacial score (nSPS) is 19.6. The molecular formula is C10H16N4O2. The third kappa shape index (κ3) is 2.59. The van der Waals surface area contributed by atoms with Gasteiger partial charge < -0.3 is 16.0 Å². The summed E-state index contributed by atoms with van der Waals surface area (Å²) < 4.78 is 0. The van der Waals surface area contributed by atoms with E-state index in [1.54, 1.807) is 6.08 Å². The van der Waals surface area contributed by atoms with Crippen molar-refractivity contribution >= 4 is 17.8 Å². The van der Waals surface area contributed by atoms with Gasteiger partial charge in [0.15, 0.2) is 0 Å². The molecule has 3 amide bonds. The van der Waals surface area contributed by atoms with E-state index in [0.29, 0.717) is 13.1 Å². The van der Waals surface area contributed by atoms with Crippen molar-refractivity contribution in [2.75, 3.05) is 13.1 Å². The van der Waals surface area contributed by atoms with Crippen LogP contribution < -0.4 is 11.1 Å². The average molecular weight is 224 g/mol. The molecule has 6 heteroatoms. The molecule has 0 aromatic heterocycles. The Hall–Kier alpha value is -1.85. The number of amides is 3. The molecule has 0 fully saturated rings. The predicted octanol–water partition coefficient (Wildman–Crippen LogP) is -0.140. The highest BCUT2D eigenvalue weighted by atomic mass is 16.2.